The van der Waals surface area contributed by atoms with Crippen LogP contribution >= 0.6 is 0 Å². The highest BCUT2D eigenvalue weighted by molar-refractivity contribution is 6.04. The van der Waals surface area contributed by atoms with Gasteiger partial charge >= 0.3 is 0 Å². The van der Waals surface area contributed by atoms with Crippen molar-refractivity contribution in [2.24, 2.45) is 0 Å². The molecule has 1 aliphatic rings. The first-order valence-electron chi connectivity index (χ1n) is 8.33. The molecule has 1 amide bonds. The van der Waals surface area contributed by atoms with E-state index in [0.29, 0.717) is 5.56 Å². The van der Waals surface area contributed by atoms with Crippen molar-refractivity contribution in [3.05, 3.63) is 77.6 Å². The molecule has 3 aromatic rings. The van der Waals surface area contributed by atoms with Gasteiger partial charge in [-0.3, -0.25) is 4.79 Å². The smallest absolute Gasteiger partial charge is 0.255 e. The Morgan fingerprint density at radius 1 is 1.00 bits per heavy atom. The van der Waals surface area contributed by atoms with Crippen LogP contribution in [0.2, 0.25) is 0 Å². The number of anilines is 1. The minimum atomic E-state index is -0.0685. The molecule has 2 aromatic carbocycles. The number of rotatable bonds is 3. The molecule has 120 valence electrons. The molecule has 0 atom stereocenters. The minimum Gasteiger partial charge on any atom is -0.322 e. The molecule has 0 saturated carbocycles. The zero-order valence-corrected chi connectivity index (χ0v) is 13.4. The third-order valence-corrected chi connectivity index (χ3v) is 4.54. The molecule has 1 heterocycles. The van der Waals surface area contributed by atoms with Crippen LogP contribution in [-0.2, 0) is 12.8 Å². The highest BCUT2D eigenvalue weighted by atomic mass is 16.1. The quantitative estimate of drug-likeness (QED) is 0.793. The van der Waals surface area contributed by atoms with Gasteiger partial charge in [-0.15, -0.1) is 0 Å². The van der Waals surface area contributed by atoms with E-state index in [9.17, 15) is 4.79 Å². The van der Waals surface area contributed by atoms with Gasteiger partial charge < -0.3 is 5.32 Å². The number of amides is 1. The molecule has 0 unspecified atom stereocenters. The van der Waals surface area contributed by atoms with E-state index in [2.05, 4.69) is 16.5 Å². The Hall–Kier alpha value is -2.88. The summed E-state index contributed by atoms with van der Waals surface area (Å²) in [5.41, 5.74) is 5.21. The second-order valence-corrected chi connectivity index (χ2v) is 6.10. The summed E-state index contributed by atoms with van der Waals surface area (Å²) < 4.78 is 1.77. The third kappa shape index (κ3) is 2.83. The zero-order chi connectivity index (χ0) is 16.4. The van der Waals surface area contributed by atoms with Gasteiger partial charge in [0.1, 0.15) is 0 Å². The van der Waals surface area contributed by atoms with Crippen molar-refractivity contribution in [3.8, 4) is 5.69 Å². The Bertz CT molecular complexity index is 851. The molecule has 0 fully saturated rings. The van der Waals surface area contributed by atoms with Gasteiger partial charge in [-0.1, -0.05) is 12.1 Å². The number of benzene rings is 2. The van der Waals surface area contributed by atoms with Crippen molar-refractivity contribution in [2.75, 3.05) is 5.32 Å². The number of hydrogen-bond acceptors (Lipinski definition) is 2. The van der Waals surface area contributed by atoms with Gasteiger partial charge in [-0.05, 0) is 73.2 Å². The third-order valence-electron chi connectivity index (χ3n) is 4.54. The minimum absolute atomic E-state index is 0.0685. The van der Waals surface area contributed by atoms with Crippen LogP contribution in [0, 0.1) is 0 Å². The molecule has 4 rings (SSSR count). The molecule has 1 aliphatic carbocycles. The molecule has 24 heavy (non-hydrogen) atoms. The van der Waals surface area contributed by atoms with Gasteiger partial charge in [0.2, 0.25) is 0 Å². The molecule has 1 N–H and O–H groups in total. The molecule has 1 aromatic heterocycles. The average Bonchev–Trinajstić information content (AvgIpc) is 3.17. The Morgan fingerprint density at radius 2 is 1.83 bits per heavy atom. The van der Waals surface area contributed by atoms with Gasteiger partial charge in [0.05, 0.1) is 5.69 Å². The number of nitrogens with zero attached hydrogens (tertiary/aromatic N) is 2. The van der Waals surface area contributed by atoms with Crippen LogP contribution in [0.4, 0.5) is 5.69 Å². The van der Waals surface area contributed by atoms with E-state index in [1.807, 2.05) is 48.7 Å². The topological polar surface area (TPSA) is 46.9 Å². The van der Waals surface area contributed by atoms with Crippen molar-refractivity contribution in [2.45, 2.75) is 25.7 Å². The van der Waals surface area contributed by atoms with Crippen LogP contribution in [0.15, 0.2) is 60.9 Å². The fourth-order valence-corrected chi connectivity index (χ4v) is 3.28. The maximum Gasteiger partial charge on any atom is 0.255 e. The molecule has 4 heteroatoms. The normalized spacial score (nSPS) is 13.3. The predicted octanol–water partition coefficient (Wildman–Crippen LogP) is 4.00. The van der Waals surface area contributed by atoms with E-state index in [4.69, 9.17) is 0 Å². The van der Waals surface area contributed by atoms with Crippen LogP contribution in [0.5, 0.6) is 0 Å². The monoisotopic (exact) mass is 317 g/mol. The van der Waals surface area contributed by atoms with Crippen molar-refractivity contribution in [1.82, 2.24) is 9.78 Å². The Balaban J connectivity index is 1.54. The molecule has 0 saturated heterocycles. The van der Waals surface area contributed by atoms with Gasteiger partial charge in [0.25, 0.3) is 5.91 Å². The molecular formula is C20H19N3O. The van der Waals surface area contributed by atoms with Crippen LogP contribution in [0.25, 0.3) is 5.69 Å². The second kappa shape index (κ2) is 6.32. The fourth-order valence-electron chi connectivity index (χ4n) is 3.28. The standard InChI is InChI=1S/C20H19N3O/c24-20(16-9-11-17(12-10-16)23-14-4-13-21-23)22-19-8-3-6-15-5-1-2-7-18(15)19/h3-4,6,8-14H,1-2,5,7H2,(H,22,24). The van der Waals surface area contributed by atoms with E-state index in [1.54, 1.807) is 10.9 Å². The number of carbonyl (C=O) groups is 1. The molecule has 0 bridgehead atoms. The summed E-state index contributed by atoms with van der Waals surface area (Å²) in [5, 5.41) is 7.27. The average molecular weight is 317 g/mol. The van der Waals surface area contributed by atoms with Crippen molar-refractivity contribution in [3.63, 3.8) is 0 Å². The number of carbonyl (C=O) groups excluding carboxylic acids is 1. The summed E-state index contributed by atoms with van der Waals surface area (Å²) in [7, 11) is 0. The fraction of sp³-hybridized carbons (Fsp3) is 0.200. The van der Waals surface area contributed by atoms with Crippen LogP contribution in [-0.4, -0.2) is 15.7 Å². The summed E-state index contributed by atoms with van der Waals surface area (Å²) in [6.45, 7) is 0. The molecule has 4 nitrogen and oxygen atoms in total. The van der Waals surface area contributed by atoms with Crippen molar-refractivity contribution in [1.29, 1.82) is 0 Å². The lowest BCUT2D eigenvalue weighted by Gasteiger charge is -2.19. The van der Waals surface area contributed by atoms with Gasteiger partial charge in [0, 0.05) is 23.6 Å². The SMILES string of the molecule is O=C(Nc1cccc2c1CCCC2)c1ccc(-n2cccn2)cc1. The van der Waals surface area contributed by atoms with Crippen LogP contribution < -0.4 is 5.32 Å². The van der Waals surface area contributed by atoms with Gasteiger partial charge in [-0.2, -0.15) is 5.10 Å². The number of fused-ring (bicyclic) bond motifs is 1. The predicted molar refractivity (Wildman–Crippen MR) is 94.6 cm³/mol. The Morgan fingerprint density at radius 3 is 2.62 bits per heavy atom. The lowest BCUT2D eigenvalue weighted by molar-refractivity contribution is 0.102. The van der Waals surface area contributed by atoms with Gasteiger partial charge in [0.15, 0.2) is 0 Å². The summed E-state index contributed by atoms with van der Waals surface area (Å²) in [6.07, 6.45) is 8.20. The largest absolute Gasteiger partial charge is 0.322 e. The summed E-state index contributed by atoms with van der Waals surface area (Å²) in [6, 6.07) is 15.6. The van der Waals surface area contributed by atoms with E-state index < -0.39 is 0 Å². The summed E-state index contributed by atoms with van der Waals surface area (Å²) >= 11 is 0. The molecule has 0 radical (unpaired) electrons. The first-order valence-corrected chi connectivity index (χ1v) is 8.33. The highest BCUT2D eigenvalue weighted by Gasteiger charge is 2.15. The van der Waals surface area contributed by atoms with Crippen molar-refractivity contribution < 1.29 is 4.79 Å². The van der Waals surface area contributed by atoms with E-state index in [-0.39, 0.29) is 5.91 Å². The second-order valence-electron chi connectivity index (χ2n) is 6.10. The van der Waals surface area contributed by atoms with Crippen molar-refractivity contribution >= 4 is 11.6 Å². The first-order chi connectivity index (χ1) is 11.8. The summed E-state index contributed by atoms with van der Waals surface area (Å²) in [4.78, 5) is 12.6. The van der Waals surface area contributed by atoms with Gasteiger partial charge in [-0.25, -0.2) is 4.68 Å². The van der Waals surface area contributed by atoms with Crippen LogP contribution in [0.1, 0.15) is 34.3 Å². The Labute approximate surface area is 141 Å². The molecule has 0 spiro atoms. The number of aromatic nitrogens is 2. The van der Waals surface area contributed by atoms with E-state index in [1.165, 1.54) is 24.0 Å². The number of nitrogens with one attached hydrogen (secondary N) is 1. The first kappa shape index (κ1) is 14.7. The highest BCUT2D eigenvalue weighted by Crippen LogP contribution is 2.28. The van der Waals surface area contributed by atoms with Crippen LogP contribution in [0.3, 0.4) is 0 Å². The Kier molecular flexibility index (Phi) is 3.87. The number of hydrogen-bond donors (Lipinski definition) is 1. The lowest BCUT2D eigenvalue weighted by atomic mass is 9.90. The maximum absolute atomic E-state index is 12.6. The molecular weight excluding hydrogens is 298 g/mol. The zero-order valence-electron chi connectivity index (χ0n) is 13.4. The van der Waals surface area contributed by atoms with E-state index >= 15 is 0 Å². The van der Waals surface area contributed by atoms with E-state index in [0.717, 1.165) is 24.2 Å². The number of aryl methyl sites for hydroxylation is 1. The lowest BCUT2D eigenvalue weighted by Crippen LogP contribution is -2.15. The summed E-state index contributed by atoms with van der Waals surface area (Å²) in [5.74, 6) is -0.0685. The molecule has 0 aliphatic heterocycles. The maximum atomic E-state index is 12.6.